The predicted octanol–water partition coefficient (Wildman–Crippen LogP) is 4.56. The molecule has 1 spiro atoms. The number of ether oxygens (including phenoxy) is 3. The fourth-order valence-electron chi connectivity index (χ4n) is 4.49. The van der Waals surface area contributed by atoms with Crippen molar-refractivity contribution in [1.82, 2.24) is 19.9 Å². The maximum atomic E-state index is 12.8. The summed E-state index contributed by atoms with van der Waals surface area (Å²) in [6.45, 7) is 6.95. The molecule has 5 rings (SSSR count). The highest BCUT2D eigenvalue weighted by molar-refractivity contribution is 5.86. The maximum absolute atomic E-state index is 12.8. The van der Waals surface area contributed by atoms with E-state index in [2.05, 4.69) is 15.0 Å². The number of H-pyrrole nitrogens is 1. The van der Waals surface area contributed by atoms with Gasteiger partial charge in [-0.2, -0.15) is 0 Å². The molecule has 1 aliphatic heterocycles. The summed E-state index contributed by atoms with van der Waals surface area (Å²) in [7, 11) is 0. The predicted molar refractivity (Wildman–Crippen MR) is 124 cm³/mol. The van der Waals surface area contributed by atoms with Gasteiger partial charge in [0.25, 0.3) is 0 Å². The molecule has 8 heteroatoms. The number of nitrogens with zero attached hydrogens (tertiary/aromatic N) is 3. The molecule has 1 amide bonds. The third-order valence-electron chi connectivity index (χ3n) is 6.13. The van der Waals surface area contributed by atoms with Crippen LogP contribution in [-0.2, 0) is 9.47 Å². The smallest absolute Gasteiger partial charge is 0.410 e. The molecule has 1 saturated heterocycles. The number of aromatic amines is 1. The highest BCUT2D eigenvalue weighted by Gasteiger charge is 2.47. The first-order valence-electron chi connectivity index (χ1n) is 11.5. The quantitative estimate of drug-likeness (QED) is 0.627. The number of rotatable bonds is 4. The van der Waals surface area contributed by atoms with Crippen molar-refractivity contribution in [2.24, 2.45) is 0 Å². The van der Waals surface area contributed by atoms with Gasteiger partial charge in [0.2, 0.25) is 0 Å². The van der Waals surface area contributed by atoms with Gasteiger partial charge >= 0.3 is 6.09 Å². The van der Waals surface area contributed by atoms with Crippen molar-refractivity contribution in [2.75, 3.05) is 19.7 Å². The van der Waals surface area contributed by atoms with Gasteiger partial charge in [-0.05, 0) is 69.4 Å². The minimum Gasteiger partial charge on any atom is -0.488 e. The van der Waals surface area contributed by atoms with Gasteiger partial charge in [0.05, 0.1) is 24.2 Å². The second kappa shape index (κ2) is 8.33. The lowest BCUT2D eigenvalue weighted by Crippen LogP contribution is -2.61. The number of morpholine rings is 1. The minimum absolute atomic E-state index is 0.255. The number of carbonyl (C=O) groups is 1. The van der Waals surface area contributed by atoms with Crippen LogP contribution in [0.4, 0.5) is 4.79 Å². The Balaban J connectivity index is 1.36. The van der Waals surface area contributed by atoms with Crippen LogP contribution in [0.5, 0.6) is 5.75 Å². The molecule has 8 nitrogen and oxygen atoms in total. The molecule has 1 saturated carbocycles. The summed E-state index contributed by atoms with van der Waals surface area (Å²) >= 11 is 0. The van der Waals surface area contributed by atoms with Gasteiger partial charge in [0.15, 0.2) is 0 Å². The van der Waals surface area contributed by atoms with Crippen LogP contribution in [0.3, 0.4) is 0 Å². The number of hydrogen-bond acceptors (Lipinski definition) is 6. The molecule has 1 aliphatic carbocycles. The number of hydrogen-bond donors (Lipinski definition) is 1. The van der Waals surface area contributed by atoms with Crippen molar-refractivity contribution in [2.45, 2.75) is 57.3 Å². The Labute approximate surface area is 193 Å². The van der Waals surface area contributed by atoms with Crippen molar-refractivity contribution < 1.29 is 19.0 Å². The van der Waals surface area contributed by atoms with Gasteiger partial charge in [0, 0.05) is 24.8 Å². The average molecular weight is 451 g/mol. The molecule has 1 atom stereocenters. The van der Waals surface area contributed by atoms with Crippen LogP contribution in [0.2, 0.25) is 0 Å². The number of carbonyl (C=O) groups excluding carboxylic acids is 1. The lowest BCUT2D eigenvalue weighted by atomic mass is 9.78. The molecular formula is C25H30N4O4. The van der Waals surface area contributed by atoms with Gasteiger partial charge in [0.1, 0.15) is 29.6 Å². The summed E-state index contributed by atoms with van der Waals surface area (Å²) in [5.41, 5.74) is 2.68. The fraction of sp³-hybridized carbons (Fsp3) is 0.480. The lowest BCUT2D eigenvalue weighted by molar-refractivity contribution is -0.193. The Bertz CT molecular complexity index is 1140. The molecule has 2 fully saturated rings. The zero-order valence-corrected chi connectivity index (χ0v) is 19.3. The standard InChI is InChI=1S/C25H30N4O4/c1-24(2,3)33-23(30)29-14-19(32-25(16-29)6-4-7-25)15-31-21-12-18(17-5-8-26-13-17)11-20-22(21)28-10-9-27-20/h5,8-13,19,26H,4,6-7,14-16H2,1-3H3/t19-/m0/s1. The van der Waals surface area contributed by atoms with E-state index >= 15 is 0 Å². The third kappa shape index (κ3) is 4.66. The van der Waals surface area contributed by atoms with Crippen molar-refractivity contribution in [3.05, 3.63) is 43.0 Å². The Morgan fingerprint density at radius 2 is 2.06 bits per heavy atom. The Morgan fingerprint density at radius 1 is 1.24 bits per heavy atom. The minimum atomic E-state index is -0.537. The van der Waals surface area contributed by atoms with Gasteiger partial charge in [-0.1, -0.05) is 0 Å². The Hall–Kier alpha value is -3.13. The Kier molecular flexibility index (Phi) is 5.48. The number of nitrogens with one attached hydrogen (secondary N) is 1. The van der Waals surface area contributed by atoms with Crippen LogP contribution in [-0.4, -0.2) is 62.9 Å². The summed E-state index contributed by atoms with van der Waals surface area (Å²) < 4.78 is 18.3. The molecule has 3 aromatic rings. The van der Waals surface area contributed by atoms with E-state index in [9.17, 15) is 4.79 Å². The molecule has 1 aromatic carbocycles. The van der Waals surface area contributed by atoms with E-state index in [1.54, 1.807) is 17.3 Å². The van der Waals surface area contributed by atoms with Crippen molar-refractivity contribution >= 4 is 17.1 Å². The van der Waals surface area contributed by atoms with Crippen LogP contribution in [0, 0.1) is 0 Å². The van der Waals surface area contributed by atoms with E-state index in [1.807, 2.05) is 51.4 Å². The van der Waals surface area contributed by atoms with E-state index in [1.165, 1.54) is 0 Å². The SMILES string of the molecule is CC(C)(C)OC(=O)N1C[C@@H](COc2cc(-c3cc[nH]c3)cc3nccnc23)OC2(CCC2)C1. The fourth-order valence-corrected chi connectivity index (χ4v) is 4.49. The molecule has 174 valence electrons. The van der Waals surface area contributed by atoms with Crippen LogP contribution >= 0.6 is 0 Å². The van der Waals surface area contributed by atoms with E-state index < -0.39 is 5.60 Å². The van der Waals surface area contributed by atoms with E-state index in [4.69, 9.17) is 14.2 Å². The van der Waals surface area contributed by atoms with Crippen molar-refractivity contribution in [3.8, 4) is 16.9 Å². The molecule has 3 heterocycles. The first kappa shape index (κ1) is 21.7. The number of benzene rings is 1. The third-order valence-corrected chi connectivity index (χ3v) is 6.13. The molecule has 0 radical (unpaired) electrons. The van der Waals surface area contributed by atoms with Crippen molar-refractivity contribution in [3.63, 3.8) is 0 Å². The van der Waals surface area contributed by atoms with Crippen LogP contribution in [0.1, 0.15) is 40.0 Å². The average Bonchev–Trinajstić information content (AvgIpc) is 3.30. The van der Waals surface area contributed by atoms with E-state index in [0.29, 0.717) is 31.0 Å². The molecule has 2 aromatic heterocycles. The first-order valence-corrected chi connectivity index (χ1v) is 11.5. The number of fused-ring (bicyclic) bond motifs is 1. The normalized spacial score (nSPS) is 20.0. The number of aromatic nitrogens is 3. The molecule has 33 heavy (non-hydrogen) atoms. The molecule has 0 unspecified atom stereocenters. The molecule has 2 aliphatic rings. The second-order valence-electron chi connectivity index (χ2n) is 9.95. The zero-order valence-electron chi connectivity index (χ0n) is 19.3. The summed E-state index contributed by atoms with van der Waals surface area (Å²) in [6, 6.07) is 5.99. The van der Waals surface area contributed by atoms with Crippen LogP contribution in [0.15, 0.2) is 43.0 Å². The largest absolute Gasteiger partial charge is 0.488 e. The van der Waals surface area contributed by atoms with Gasteiger partial charge in [-0.15, -0.1) is 0 Å². The summed E-state index contributed by atoms with van der Waals surface area (Å²) in [4.78, 5) is 26.6. The summed E-state index contributed by atoms with van der Waals surface area (Å²) in [5.74, 6) is 0.650. The van der Waals surface area contributed by atoms with Crippen LogP contribution in [0.25, 0.3) is 22.2 Å². The topological polar surface area (TPSA) is 89.6 Å². The van der Waals surface area contributed by atoms with Gasteiger partial charge in [-0.3, -0.25) is 4.98 Å². The Morgan fingerprint density at radius 3 is 2.76 bits per heavy atom. The first-order chi connectivity index (χ1) is 15.8. The van der Waals surface area contributed by atoms with Crippen LogP contribution < -0.4 is 4.74 Å². The van der Waals surface area contributed by atoms with E-state index in [0.717, 1.165) is 35.9 Å². The molecule has 0 bridgehead atoms. The van der Waals surface area contributed by atoms with E-state index in [-0.39, 0.29) is 17.8 Å². The zero-order chi connectivity index (χ0) is 23.1. The molecular weight excluding hydrogens is 420 g/mol. The summed E-state index contributed by atoms with van der Waals surface area (Å²) in [5, 5.41) is 0. The van der Waals surface area contributed by atoms with Gasteiger partial charge < -0.3 is 24.1 Å². The highest BCUT2D eigenvalue weighted by Crippen LogP contribution is 2.40. The van der Waals surface area contributed by atoms with Crippen molar-refractivity contribution in [1.29, 1.82) is 0 Å². The summed E-state index contributed by atoms with van der Waals surface area (Å²) in [6.07, 6.45) is 9.60. The molecule has 1 N–H and O–H groups in total. The monoisotopic (exact) mass is 450 g/mol. The van der Waals surface area contributed by atoms with Gasteiger partial charge in [-0.25, -0.2) is 9.78 Å². The number of amides is 1. The highest BCUT2D eigenvalue weighted by atomic mass is 16.6. The lowest BCUT2D eigenvalue weighted by Gasteiger charge is -2.51. The maximum Gasteiger partial charge on any atom is 0.410 e. The second-order valence-corrected chi connectivity index (χ2v) is 9.95.